The van der Waals surface area contributed by atoms with E-state index >= 15 is 0 Å². The second-order valence-corrected chi connectivity index (χ2v) is 15.5. The first-order valence-electron chi connectivity index (χ1n) is 18.2. The van der Waals surface area contributed by atoms with Crippen LogP contribution in [0.1, 0.15) is 51.7 Å². The number of aromatic nitrogens is 4. The topological polar surface area (TPSA) is 56.7 Å². The van der Waals surface area contributed by atoms with Crippen LogP contribution in [0.3, 0.4) is 0 Å². The van der Waals surface area contributed by atoms with Crippen molar-refractivity contribution in [3.8, 4) is 39.9 Å². The van der Waals surface area contributed by atoms with Crippen molar-refractivity contribution in [2.24, 2.45) is 0 Å². The molecule has 1 aliphatic carbocycles. The summed E-state index contributed by atoms with van der Waals surface area (Å²) in [6.07, 6.45) is 2.35. The van der Waals surface area contributed by atoms with Crippen molar-refractivity contribution in [2.75, 3.05) is 0 Å². The number of hydrogen-bond acceptors (Lipinski definition) is 4. The number of benzene rings is 6. The van der Waals surface area contributed by atoms with E-state index in [1.54, 1.807) is 0 Å². The zero-order valence-electron chi connectivity index (χ0n) is 29.8. The van der Waals surface area contributed by atoms with Crippen LogP contribution in [0.25, 0.3) is 83.6 Å². The lowest BCUT2D eigenvalue weighted by Gasteiger charge is -2.42. The van der Waals surface area contributed by atoms with Gasteiger partial charge >= 0.3 is 0 Å². The van der Waals surface area contributed by atoms with Crippen LogP contribution >= 0.6 is 0 Å². The smallest absolute Gasteiger partial charge is 0.164 e. The molecule has 0 aliphatic heterocycles. The molecular weight excluding hydrogens is 637 g/mol. The Balaban J connectivity index is 1.17. The summed E-state index contributed by atoms with van der Waals surface area (Å²) in [5.41, 5.74) is 11.1. The summed E-state index contributed by atoms with van der Waals surface area (Å²) in [5.74, 6) is 1.85. The Morgan fingerprint density at radius 1 is 0.500 bits per heavy atom. The van der Waals surface area contributed by atoms with Crippen molar-refractivity contribution in [3.63, 3.8) is 0 Å². The Hall–Kier alpha value is -6.07. The van der Waals surface area contributed by atoms with Crippen molar-refractivity contribution >= 4 is 43.7 Å². The highest BCUT2D eigenvalue weighted by molar-refractivity contribution is 6.12. The van der Waals surface area contributed by atoms with Gasteiger partial charge in [-0.15, -0.1) is 0 Å². The fourth-order valence-corrected chi connectivity index (χ4v) is 8.49. The van der Waals surface area contributed by atoms with Crippen molar-refractivity contribution in [1.82, 2.24) is 19.5 Å². The Bertz CT molecular complexity index is 2860. The average Bonchev–Trinajstić information content (AvgIpc) is 3.72. The normalized spacial score (nSPS) is 15.1. The van der Waals surface area contributed by atoms with Gasteiger partial charge < -0.3 is 8.98 Å². The summed E-state index contributed by atoms with van der Waals surface area (Å²) in [6, 6.07) is 46.7. The first kappa shape index (κ1) is 30.7. The number of rotatable bonds is 4. The third kappa shape index (κ3) is 4.72. The van der Waals surface area contributed by atoms with Gasteiger partial charge in [-0.25, -0.2) is 15.0 Å². The molecule has 6 aromatic carbocycles. The van der Waals surface area contributed by atoms with E-state index in [2.05, 4.69) is 111 Å². The molecule has 5 heteroatoms. The molecule has 0 saturated heterocycles. The number of para-hydroxylation sites is 2. The van der Waals surface area contributed by atoms with E-state index in [-0.39, 0.29) is 10.8 Å². The van der Waals surface area contributed by atoms with Crippen LogP contribution < -0.4 is 0 Å². The molecule has 0 radical (unpaired) electrons. The molecule has 9 aromatic rings. The Morgan fingerprint density at radius 3 is 1.94 bits per heavy atom. The standard InChI is InChI=1S/C47H38N4O/c1-46(2)25-26-47(3,4)42-36(46)23-24-38-41(42)35-18-8-10-19-37(35)51(38)32-16-12-15-30(27-32)44-48-43(29-13-6-5-7-14-29)49-45(50-44)31-21-22-34-33-17-9-11-20-39(33)52-40(34)28-31/h5-24,27-28H,25-26H2,1-4H3. The molecule has 0 saturated carbocycles. The van der Waals surface area contributed by atoms with Crippen LogP contribution in [-0.4, -0.2) is 19.5 Å². The number of furan rings is 1. The van der Waals surface area contributed by atoms with Crippen molar-refractivity contribution < 1.29 is 4.42 Å². The average molecular weight is 675 g/mol. The summed E-state index contributed by atoms with van der Waals surface area (Å²) in [6.45, 7) is 9.64. The van der Waals surface area contributed by atoms with Gasteiger partial charge in [-0.3, -0.25) is 0 Å². The number of fused-ring (bicyclic) bond motifs is 8. The summed E-state index contributed by atoms with van der Waals surface area (Å²) in [5, 5.41) is 4.83. The van der Waals surface area contributed by atoms with E-state index in [1.807, 2.05) is 54.6 Å². The van der Waals surface area contributed by atoms with Gasteiger partial charge in [-0.1, -0.05) is 119 Å². The second-order valence-electron chi connectivity index (χ2n) is 15.5. The molecule has 0 spiro atoms. The summed E-state index contributed by atoms with van der Waals surface area (Å²) < 4.78 is 8.68. The molecule has 10 rings (SSSR count). The van der Waals surface area contributed by atoms with Gasteiger partial charge in [0.25, 0.3) is 0 Å². The molecule has 252 valence electrons. The molecule has 0 bridgehead atoms. The van der Waals surface area contributed by atoms with Crippen molar-refractivity contribution in [1.29, 1.82) is 0 Å². The molecule has 0 unspecified atom stereocenters. The molecular formula is C47H38N4O. The fraction of sp³-hybridized carbons (Fsp3) is 0.170. The van der Waals surface area contributed by atoms with Crippen molar-refractivity contribution in [3.05, 3.63) is 145 Å². The molecule has 3 aromatic heterocycles. The maximum atomic E-state index is 6.26. The molecule has 0 atom stereocenters. The van der Waals surface area contributed by atoms with Crippen LogP contribution in [0.15, 0.2) is 138 Å². The quantitative estimate of drug-likeness (QED) is 0.186. The molecule has 0 N–H and O–H groups in total. The fourth-order valence-electron chi connectivity index (χ4n) is 8.49. The Morgan fingerprint density at radius 2 is 1.13 bits per heavy atom. The molecule has 1 aliphatic rings. The van der Waals surface area contributed by atoms with E-state index in [9.17, 15) is 0 Å². The Kier molecular flexibility index (Phi) is 6.63. The summed E-state index contributed by atoms with van der Waals surface area (Å²) in [4.78, 5) is 15.2. The number of hydrogen-bond donors (Lipinski definition) is 0. The van der Waals surface area contributed by atoms with E-state index in [4.69, 9.17) is 19.4 Å². The molecule has 5 nitrogen and oxygen atoms in total. The highest BCUT2D eigenvalue weighted by atomic mass is 16.3. The monoisotopic (exact) mass is 674 g/mol. The number of nitrogens with zero attached hydrogens (tertiary/aromatic N) is 4. The van der Waals surface area contributed by atoms with Gasteiger partial charge in [0.1, 0.15) is 11.2 Å². The minimum absolute atomic E-state index is 0.0711. The van der Waals surface area contributed by atoms with Crippen molar-refractivity contribution in [2.45, 2.75) is 51.4 Å². The SMILES string of the molecule is CC1(C)CCC(C)(C)c2c1ccc1c2c2ccccc2n1-c1cccc(-c2nc(-c3ccccc3)nc(-c3ccc4c(c3)oc3ccccc34)n2)c1. The van der Waals surface area contributed by atoms with Crippen LogP contribution in [0.2, 0.25) is 0 Å². The molecule has 3 heterocycles. The first-order valence-corrected chi connectivity index (χ1v) is 18.2. The highest BCUT2D eigenvalue weighted by Crippen LogP contribution is 2.50. The van der Waals surface area contributed by atoms with Crippen LogP contribution in [0, 0.1) is 0 Å². The zero-order chi connectivity index (χ0) is 35.2. The molecule has 0 amide bonds. The third-order valence-corrected chi connectivity index (χ3v) is 11.3. The van der Waals surface area contributed by atoms with Gasteiger partial charge in [0.05, 0.1) is 11.0 Å². The van der Waals surface area contributed by atoms with Gasteiger partial charge in [-0.2, -0.15) is 0 Å². The van der Waals surface area contributed by atoms with Crippen LogP contribution in [0.5, 0.6) is 0 Å². The van der Waals surface area contributed by atoms with Gasteiger partial charge in [0, 0.05) is 43.9 Å². The zero-order valence-corrected chi connectivity index (χ0v) is 29.8. The summed E-state index contributed by atoms with van der Waals surface area (Å²) >= 11 is 0. The van der Waals surface area contributed by atoms with Crippen LogP contribution in [0.4, 0.5) is 0 Å². The first-order chi connectivity index (χ1) is 25.2. The Labute approximate surface area is 302 Å². The largest absolute Gasteiger partial charge is 0.456 e. The van der Waals surface area contributed by atoms with E-state index < -0.39 is 0 Å². The lowest BCUT2D eigenvalue weighted by atomic mass is 9.62. The molecule has 0 fully saturated rings. The second kappa shape index (κ2) is 11.2. The molecule has 52 heavy (non-hydrogen) atoms. The van der Waals surface area contributed by atoms with Crippen LogP contribution in [-0.2, 0) is 10.8 Å². The van der Waals surface area contributed by atoms with Gasteiger partial charge in [0.2, 0.25) is 0 Å². The minimum atomic E-state index is 0.0711. The van der Waals surface area contributed by atoms with E-state index in [0.29, 0.717) is 17.5 Å². The van der Waals surface area contributed by atoms with Gasteiger partial charge in [0.15, 0.2) is 17.5 Å². The highest BCUT2D eigenvalue weighted by Gasteiger charge is 2.39. The predicted octanol–water partition coefficient (Wildman–Crippen LogP) is 12.2. The predicted molar refractivity (Wildman–Crippen MR) is 213 cm³/mol. The maximum absolute atomic E-state index is 6.26. The lowest BCUT2D eigenvalue weighted by Crippen LogP contribution is -2.34. The van der Waals surface area contributed by atoms with E-state index in [1.165, 1.54) is 39.4 Å². The van der Waals surface area contributed by atoms with E-state index in [0.717, 1.165) is 50.7 Å². The minimum Gasteiger partial charge on any atom is -0.456 e. The van der Waals surface area contributed by atoms with Gasteiger partial charge in [-0.05, 0) is 77.3 Å². The maximum Gasteiger partial charge on any atom is 0.164 e. The summed E-state index contributed by atoms with van der Waals surface area (Å²) in [7, 11) is 0. The lowest BCUT2D eigenvalue weighted by molar-refractivity contribution is 0.334. The third-order valence-electron chi connectivity index (χ3n) is 11.3.